The van der Waals surface area contributed by atoms with Crippen molar-refractivity contribution in [2.75, 3.05) is 0 Å². The second-order valence-corrected chi connectivity index (χ2v) is 15.9. The fourth-order valence-corrected chi connectivity index (χ4v) is 11.6. The molecule has 6 rings (SSSR count). The fourth-order valence-electron chi connectivity index (χ4n) is 11.6. The highest BCUT2D eigenvalue weighted by molar-refractivity contribution is 5.85. The summed E-state index contributed by atoms with van der Waals surface area (Å²) < 4.78 is 0. The van der Waals surface area contributed by atoms with Gasteiger partial charge in [-0.1, -0.05) is 64.5 Å². The van der Waals surface area contributed by atoms with Crippen molar-refractivity contribution in [3.8, 4) is 0 Å². The summed E-state index contributed by atoms with van der Waals surface area (Å²) in [7, 11) is 0. The van der Waals surface area contributed by atoms with Crippen molar-refractivity contribution in [2.45, 2.75) is 124 Å². The van der Waals surface area contributed by atoms with Crippen LogP contribution in [0.4, 0.5) is 0 Å². The first kappa shape index (κ1) is 26.7. The van der Waals surface area contributed by atoms with Crippen LogP contribution in [0, 0.1) is 39.9 Å². The molecule has 38 heavy (non-hydrogen) atoms. The summed E-state index contributed by atoms with van der Waals surface area (Å²) >= 11 is 0. The number of aliphatic hydroxyl groups is 1. The van der Waals surface area contributed by atoms with Crippen LogP contribution < -0.4 is 0 Å². The molecule has 0 radical (unpaired) electrons. The second kappa shape index (κ2) is 8.48. The molecule has 0 unspecified atom stereocenters. The van der Waals surface area contributed by atoms with Gasteiger partial charge in [-0.2, -0.15) is 0 Å². The van der Waals surface area contributed by atoms with Crippen molar-refractivity contribution in [1.29, 1.82) is 0 Å². The minimum absolute atomic E-state index is 0.160. The molecule has 2 heteroatoms. The fraction of sp³-hybridized carbons (Fsp3) is 0.722. The molecule has 1 aromatic heterocycles. The average Bonchev–Trinajstić information content (AvgIpc) is 3.38. The molecule has 4 aliphatic rings. The molecule has 3 fully saturated rings. The zero-order valence-electron chi connectivity index (χ0n) is 25.5. The molecule has 8 atom stereocenters. The van der Waals surface area contributed by atoms with Crippen LogP contribution in [0.5, 0.6) is 0 Å². The Morgan fingerprint density at radius 1 is 0.974 bits per heavy atom. The molecule has 0 spiro atoms. The van der Waals surface area contributed by atoms with E-state index in [1.54, 1.807) is 5.56 Å². The van der Waals surface area contributed by atoms with Gasteiger partial charge < -0.3 is 10.1 Å². The van der Waals surface area contributed by atoms with Gasteiger partial charge in [-0.15, -0.1) is 0 Å². The molecule has 3 saturated carbocycles. The van der Waals surface area contributed by atoms with Gasteiger partial charge in [0.1, 0.15) is 0 Å². The van der Waals surface area contributed by atoms with Crippen LogP contribution in [0.1, 0.15) is 118 Å². The van der Waals surface area contributed by atoms with Gasteiger partial charge in [-0.25, -0.2) is 0 Å². The Labute approximate surface area is 232 Å². The minimum Gasteiger partial charge on any atom is -0.390 e. The Bertz CT molecular complexity index is 1260. The van der Waals surface area contributed by atoms with Gasteiger partial charge in [0.2, 0.25) is 0 Å². The highest BCUT2D eigenvalue weighted by atomic mass is 16.3. The second-order valence-electron chi connectivity index (χ2n) is 15.9. The molecular formula is C36H53NO. The highest BCUT2D eigenvalue weighted by Gasteiger charge is 2.69. The number of H-pyrrole nitrogens is 1. The number of allylic oxidation sites excluding steroid dienone is 2. The van der Waals surface area contributed by atoms with Crippen LogP contribution in [-0.4, -0.2) is 15.7 Å². The zero-order valence-corrected chi connectivity index (χ0v) is 25.5. The first-order chi connectivity index (χ1) is 17.8. The maximum Gasteiger partial charge on any atom is 0.0653 e. The number of para-hydroxylation sites is 1. The van der Waals surface area contributed by atoms with E-state index in [1.807, 2.05) is 0 Å². The number of nitrogens with one attached hydrogen (secondary N) is 1. The Hall–Kier alpha value is -1.54. The summed E-state index contributed by atoms with van der Waals surface area (Å²) in [5.74, 6) is 2.53. The molecule has 0 amide bonds. The first-order valence-electron chi connectivity index (χ1n) is 15.7. The monoisotopic (exact) mass is 515 g/mol. The minimum atomic E-state index is -0.565. The summed E-state index contributed by atoms with van der Waals surface area (Å²) in [4.78, 5) is 3.90. The lowest BCUT2D eigenvalue weighted by Crippen LogP contribution is -2.63. The number of fused-ring (bicyclic) bond motifs is 8. The van der Waals surface area contributed by atoms with E-state index in [2.05, 4.69) is 90.7 Å². The molecule has 1 heterocycles. The summed E-state index contributed by atoms with van der Waals surface area (Å²) in [5, 5.41) is 13.3. The van der Waals surface area contributed by atoms with Gasteiger partial charge in [-0.05, 0) is 130 Å². The Kier molecular flexibility index (Phi) is 5.95. The summed E-state index contributed by atoms with van der Waals surface area (Å²) in [6.07, 6.45) is 13.2. The topological polar surface area (TPSA) is 36.0 Å². The number of aromatic amines is 1. The van der Waals surface area contributed by atoms with Crippen LogP contribution >= 0.6 is 0 Å². The maximum atomic E-state index is 11.8. The van der Waals surface area contributed by atoms with E-state index in [4.69, 9.17) is 0 Å². The van der Waals surface area contributed by atoms with Gasteiger partial charge in [0.15, 0.2) is 0 Å². The highest BCUT2D eigenvalue weighted by Crippen LogP contribution is 2.75. The molecule has 0 aliphatic heterocycles. The van der Waals surface area contributed by atoms with E-state index in [0.717, 1.165) is 18.8 Å². The number of aromatic nitrogens is 1. The van der Waals surface area contributed by atoms with Crippen molar-refractivity contribution in [1.82, 2.24) is 4.98 Å². The first-order valence-corrected chi connectivity index (χ1v) is 15.7. The third-order valence-electron chi connectivity index (χ3n) is 13.6. The van der Waals surface area contributed by atoms with Crippen LogP contribution in [0.3, 0.4) is 0 Å². The predicted octanol–water partition coefficient (Wildman–Crippen LogP) is 9.36. The molecule has 208 valence electrons. The summed E-state index contributed by atoms with van der Waals surface area (Å²) in [6, 6.07) is 9.02. The number of hydrogen-bond donors (Lipinski definition) is 2. The zero-order chi connectivity index (χ0) is 27.3. The van der Waals surface area contributed by atoms with Gasteiger partial charge in [0.05, 0.1) is 5.60 Å². The molecule has 0 bridgehead atoms. The molecule has 0 saturated heterocycles. The Morgan fingerprint density at radius 3 is 2.42 bits per heavy atom. The van der Waals surface area contributed by atoms with Crippen LogP contribution in [0.25, 0.3) is 10.9 Å². The number of benzene rings is 1. The molecule has 2 aromatic rings. The molecule has 1 aromatic carbocycles. The van der Waals surface area contributed by atoms with Crippen molar-refractivity contribution in [3.63, 3.8) is 0 Å². The van der Waals surface area contributed by atoms with Gasteiger partial charge in [0.25, 0.3) is 0 Å². The van der Waals surface area contributed by atoms with Gasteiger partial charge in [-0.3, -0.25) is 0 Å². The van der Waals surface area contributed by atoms with Crippen molar-refractivity contribution in [2.24, 2.45) is 39.9 Å². The van der Waals surface area contributed by atoms with E-state index in [-0.39, 0.29) is 5.41 Å². The number of rotatable bonds is 4. The average molecular weight is 516 g/mol. The van der Waals surface area contributed by atoms with Crippen molar-refractivity contribution >= 4 is 10.9 Å². The van der Waals surface area contributed by atoms with E-state index < -0.39 is 5.60 Å². The van der Waals surface area contributed by atoms with E-state index in [9.17, 15) is 5.11 Å². The van der Waals surface area contributed by atoms with Crippen LogP contribution in [0.2, 0.25) is 0 Å². The third-order valence-corrected chi connectivity index (χ3v) is 13.6. The number of hydrogen-bond acceptors (Lipinski definition) is 1. The maximum absolute atomic E-state index is 11.8. The predicted molar refractivity (Wildman–Crippen MR) is 160 cm³/mol. The quantitative estimate of drug-likeness (QED) is 0.391. The van der Waals surface area contributed by atoms with Crippen molar-refractivity contribution in [3.05, 3.63) is 47.2 Å². The molecular weight excluding hydrogens is 462 g/mol. The van der Waals surface area contributed by atoms with Gasteiger partial charge >= 0.3 is 0 Å². The Balaban J connectivity index is 1.36. The molecule has 2 N–H and O–H groups in total. The smallest absolute Gasteiger partial charge is 0.0653 e. The molecule has 2 nitrogen and oxygen atoms in total. The van der Waals surface area contributed by atoms with Gasteiger partial charge in [0, 0.05) is 22.0 Å². The Morgan fingerprint density at radius 2 is 1.68 bits per heavy atom. The standard InChI is InChI=1S/C36H53NO/c1-23(2)12-11-19-36(8,38)27-17-20-34(6)26(27)15-16-30-33(5)22-25-24-13-9-10-14-28(24)37-31(25)32(3,4)29(33)18-21-35(30,34)7/h9-10,12-14,26-27,29-30,37-38H,11,15-22H2,1-8H3/t26-,27+,29+,30-,33+,34-,35-,36+/m1/s1. The summed E-state index contributed by atoms with van der Waals surface area (Å²) in [6.45, 7) is 19.6. The lowest BCUT2D eigenvalue weighted by Gasteiger charge is -2.69. The van der Waals surface area contributed by atoms with E-state index in [0.29, 0.717) is 34.0 Å². The summed E-state index contributed by atoms with van der Waals surface area (Å²) in [5.41, 5.74) is 6.37. The van der Waals surface area contributed by atoms with Crippen LogP contribution in [0.15, 0.2) is 35.9 Å². The van der Waals surface area contributed by atoms with E-state index >= 15 is 0 Å². The normalized spacial score (nSPS) is 41.0. The largest absolute Gasteiger partial charge is 0.390 e. The van der Waals surface area contributed by atoms with Crippen molar-refractivity contribution < 1.29 is 5.11 Å². The lowest BCUT2D eigenvalue weighted by atomic mass is 9.35. The third kappa shape index (κ3) is 3.47. The van der Waals surface area contributed by atoms with Crippen LogP contribution in [-0.2, 0) is 11.8 Å². The SMILES string of the molecule is CC(C)=CCC[C@](C)(O)[C@H]1CC[C@]2(C)[C@@H]1CC[C@@H]1[C@@]3(C)Cc4c([nH]c5ccccc45)C(C)(C)[C@@H]3CC[C@]12C. The van der Waals surface area contributed by atoms with E-state index in [1.165, 1.54) is 67.1 Å². The lowest BCUT2D eigenvalue weighted by molar-refractivity contribution is -0.191. The molecule has 4 aliphatic carbocycles.